The zero-order chi connectivity index (χ0) is 25.6. The van der Waals surface area contributed by atoms with Crippen LogP contribution in [0.1, 0.15) is 53.3 Å². The molecular formula is C25H28N2O8. The molecule has 0 aliphatic heterocycles. The van der Waals surface area contributed by atoms with E-state index in [0.717, 1.165) is 12.8 Å². The number of benzene rings is 2. The summed E-state index contributed by atoms with van der Waals surface area (Å²) in [5.74, 6) is -2.62. The third-order valence-electron chi connectivity index (χ3n) is 4.65. The van der Waals surface area contributed by atoms with Crippen LogP contribution in [0.5, 0.6) is 0 Å². The molecule has 2 N–H and O–H groups in total. The number of carbonyl (C=O) groups is 5. The van der Waals surface area contributed by atoms with Crippen LogP contribution in [0.25, 0.3) is 0 Å². The van der Waals surface area contributed by atoms with Gasteiger partial charge >= 0.3 is 17.9 Å². The molecule has 10 heteroatoms. The van der Waals surface area contributed by atoms with Crippen molar-refractivity contribution in [1.82, 2.24) is 0 Å². The Labute approximate surface area is 202 Å². The van der Waals surface area contributed by atoms with E-state index in [2.05, 4.69) is 15.4 Å². The Morgan fingerprint density at radius 2 is 1.26 bits per heavy atom. The number of carbonyl (C=O) groups excluding carboxylic acids is 5. The number of methoxy groups -OCH3 is 1. The van der Waals surface area contributed by atoms with Gasteiger partial charge in [-0.1, -0.05) is 13.3 Å². The molecule has 0 saturated carbocycles. The van der Waals surface area contributed by atoms with E-state index in [1.807, 2.05) is 6.92 Å². The largest absolute Gasteiger partial charge is 0.465 e. The lowest BCUT2D eigenvalue weighted by molar-refractivity contribution is -0.147. The van der Waals surface area contributed by atoms with Gasteiger partial charge in [-0.2, -0.15) is 0 Å². The molecule has 0 unspecified atom stereocenters. The van der Waals surface area contributed by atoms with Gasteiger partial charge < -0.3 is 24.8 Å². The topological polar surface area (TPSA) is 137 Å². The Morgan fingerprint density at radius 1 is 0.714 bits per heavy atom. The van der Waals surface area contributed by atoms with Crippen molar-refractivity contribution in [1.29, 1.82) is 0 Å². The lowest BCUT2D eigenvalue weighted by Crippen LogP contribution is -2.21. The molecule has 0 bridgehead atoms. The minimum atomic E-state index is -0.707. The van der Waals surface area contributed by atoms with Crippen LogP contribution in [0.2, 0.25) is 0 Å². The summed E-state index contributed by atoms with van der Waals surface area (Å²) in [6.45, 7) is 1.84. The average Bonchev–Trinajstić information content (AvgIpc) is 2.86. The second-order valence-electron chi connectivity index (χ2n) is 7.39. The predicted octanol–water partition coefficient (Wildman–Crippen LogP) is 3.33. The standard InChI is InChI=1S/C25H28N2O8/c1-3-4-15-34-25(32)18-7-11-19(12-8-18)26-21(28)13-14-23(30)35-16-22(29)27-20-9-5-17(6-10-20)24(31)33-2/h5-12H,3-4,13-16H2,1-2H3,(H,26,28)(H,27,29). The quantitative estimate of drug-likeness (QED) is 0.266. The molecule has 0 atom stereocenters. The Hall–Kier alpha value is -4.21. The number of rotatable bonds is 12. The molecule has 2 aromatic carbocycles. The maximum Gasteiger partial charge on any atom is 0.338 e. The van der Waals surface area contributed by atoms with E-state index in [1.54, 1.807) is 24.3 Å². The fraction of sp³-hybridized carbons (Fsp3) is 0.320. The van der Waals surface area contributed by atoms with E-state index in [4.69, 9.17) is 9.47 Å². The molecule has 0 spiro atoms. The maximum absolute atomic E-state index is 12.1. The van der Waals surface area contributed by atoms with Crippen molar-refractivity contribution in [3.8, 4) is 0 Å². The Morgan fingerprint density at radius 3 is 1.80 bits per heavy atom. The minimum Gasteiger partial charge on any atom is -0.465 e. The summed E-state index contributed by atoms with van der Waals surface area (Å²) in [6.07, 6.45) is 1.36. The van der Waals surface area contributed by atoms with Crippen molar-refractivity contribution in [2.45, 2.75) is 32.6 Å². The molecule has 0 heterocycles. The molecule has 0 aromatic heterocycles. The molecule has 2 amide bonds. The van der Waals surface area contributed by atoms with Crippen molar-refractivity contribution < 1.29 is 38.2 Å². The Bertz CT molecular complexity index is 1030. The smallest absolute Gasteiger partial charge is 0.338 e. The summed E-state index contributed by atoms with van der Waals surface area (Å²) in [4.78, 5) is 59.1. The monoisotopic (exact) mass is 484 g/mol. The number of esters is 3. The van der Waals surface area contributed by atoms with E-state index in [0.29, 0.717) is 29.1 Å². The van der Waals surface area contributed by atoms with E-state index >= 15 is 0 Å². The highest BCUT2D eigenvalue weighted by molar-refractivity contribution is 5.96. The van der Waals surface area contributed by atoms with Gasteiger partial charge in [0.2, 0.25) is 5.91 Å². The lowest BCUT2D eigenvalue weighted by Gasteiger charge is -2.08. The molecule has 35 heavy (non-hydrogen) atoms. The van der Waals surface area contributed by atoms with Crippen LogP contribution < -0.4 is 10.6 Å². The van der Waals surface area contributed by atoms with E-state index < -0.39 is 36.3 Å². The first kappa shape index (κ1) is 27.0. The molecule has 186 valence electrons. The third kappa shape index (κ3) is 9.66. The third-order valence-corrected chi connectivity index (χ3v) is 4.65. The summed E-state index contributed by atoms with van der Waals surface area (Å²) in [7, 11) is 1.27. The molecule has 0 radical (unpaired) electrons. The summed E-state index contributed by atoms with van der Waals surface area (Å²) < 4.78 is 14.6. The van der Waals surface area contributed by atoms with Crippen LogP contribution in [0.3, 0.4) is 0 Å². The van der Waals surface area contributed by atoms with Crippen LogP contribution in [0, 0.1) is 0 Å². The zero-order valence-corrected chi connectivity index (χ0v) is 19.6. The maximum atomic E-state index is 12.1. The van der Waals surface area contributed by atoms with Crippen molar-refractivity contribution in [2.75, 3.05) is 31.0 Å². The van der Waals surface area contributed by atoms with E-state index in [1.165, 1.54) is 31.4 Å². The number of anilines is 2. The summed E-state index contributed by atoms with van der Waals surface area (Å²) in [6, 6.07) is 12.2. The number of nitrogens with one attached hydrogen (secondary N) is 2. The highest BCUT2D eigenvalue weighted by atomic mass is 16.5. The van der Waals surface area contributed by atoms with Gasteiger partial charge in [0.05, 0.1) is 31.3 Å². The van der Waals surface area contributed by atoms with Crippen LogP contribution in [-0.4, -0.2) is 50.0 Å². The Balaban J connectivity index is 1.68. The van der Waals surface area contributed by atoms with Crippen LogP contribution in [0.4, 0.5) is 11.4 Å². The number of amides is 2. The number of ether oxygens (including phenoxy) is 3. The molecule has 2 rings (SSSR count). The molecule has 10 nitrogen and oxygen atoms in total. The summed E-state index contributed by atoms with van der Waals surface area (Å²) in [5.41, 5.74) is 1.58. The first-order chi connectivity index (χ1) is 16.8. The van der Waals surface area contributed by atoms with Crippen LogP contribution >= 0.6 is 0 Å². The van der Waals surface area contributed by atoms with Gasteiger partial charge in [-0.3, -0.25) is 14.4 Å². The van der Waals surface area contributed by atoms with Gasteiger partial charge in [-0.15, -0.1) is 0 Å². The van der Waals surface area contributed by atoms with Crippen molar-refractivity contribution in [3.63, 3.8) is 0 Å². The van der Waals surface area contributed by atoms with Crippen LogP contribution in [-0.2, 0) is 28.6 Å². The van der Waals surface area contributed by atoms with Gasteiger partial charge in [0.1, 0.15) is 0 Å². The number of hydrogen-bond donors (Lipinski definition) is 2. The number of hydrogen-bond acceptors (Lipinski definition) is 8. The van der Waals surface area contributed by atoms with Gasteiger partial charge in [-0.25, -0.2) is 9.59 Å². The first-order valence-electron chi connectivity index (χ1n) is 11.0. The lowest BCUT2D eigenvalue weighted by atomic mass is 10.2. The van der Waals surface area contributed by atoms with E-state index in [9.17, 15) is 24.0 Å². The molecule has 0 aliphatic carbocycles. The fourth-order valence-corrected chi connectivity index (χ4v) is 2.74. The van der Waals surface area contributed by atoms with Crippen LogP contribution in [0.15, 0.2) is 48.5 Å². The zero-order valence-electron chi connectivity index (χ0n) is 19.6. The molecule has 0 aliphatic rings. The predicted molar refractivity (Wildman–Crippen MR) is 127 cm³/mol. The summed E-state index contributed by atoms with van der Waals surface area (Å²) >= 11 is 0. The highest BCUT2D eigenvalue weighted by Gasteiger charge is 2.12. The van der Waals surface area contributed by atoms with Gasteiger partial charge in [0.25, 0.3) is 5.91 Å². The highest BCUT2D eigenvalue weighted by Crippen LogP contribution is 2.12. The Kier molecular flexibility index (Phi) is 10.9. The number of unbranched alkanes of at least 4 members (excludes halogenated alkanes) is 1. The second kappa shape index (κ2) is 14.1. The average molecular weight is 485 g/mol. The molecular weight excluding hydrogens is 456 g/mol. The molecule has 0 saturated heterocycles. The van der Waals surface area contributed by atoms with E-state index in [-0.39, 0.29) is 12.8 Å². The first-order valence-corrected chi connectivity index (χ1v) is 11.0. The van der Waals surface area contributed by atoms with Crippen molar-refractivity contribution in [2.24, 2.45) is 0 Å². The van der Waals surface area contributed by atoms with Gasteiger partial charge in [0, 0.05) is 17.8 Å². The summed E-state index contributed by atoms with van der Waals surface area (Å²) in [5, 5.41) is 5.14. The SMILES string of the molecule is CCCCOC(=O)c1ccc(NC(=O)CCC(=O)OCC(=O)Nc2ccc(C(=O)OC)cc2)cc1. The normalized spacial score (nSPS) is 10.1. The fourth-order valence-electron chi connectivity index (χ4n) is 2.74. The second-order valence-corrected chi connectivity index (χ2v) is 7.39. The van der Waals surface area contributed by atoms with Gasteiger partial charge in [0.15, 0.2) is 6.61 Å². The van der Waals surface area contributed by atoms with Crippen molar-refractivity contribution in [3.05, 3.63) is 59.7 Å². The molecule has 2 aromatic rings. The molecule has 0 fully saturated rings. The minimum absolute atomic E-state index is 0.143. The van der Waals surface area contributed by atoms with Crippen molar-refractivity contribution >= 4 is 41.1 Å². The van der Waals surface area contributed by atoms with Gasteiger partial charge in [-0.05, 0) is 55.0 Å².